The van der Waals surface area contributed by atoms with Crippen LogP contribution in [-0.2, 0) is 10.3 Å². The van der Waals surface area contributed by atoms with Crippen molar-refractivity contribution in [3.63, 3.8) is 0 Å². The van der Waals surface area contributed by atoms with Crippen molar-refractivity contribution in [3.05, 3.63) is 108 Å². The summed E-state index contributed by atoms with van der Waals surface area (Å²) in [7, 11) is 0. The van der Waals surface area contributed by atoms with Crippen molar-refractivity contribution >= 4 is 0 Å². The van der Waals surface area contributed by atoms with Gasteiger partial charge in [0.05, 0.1) is 6.07 Å². The van der Waals surface area contributed by atoms with Gasteiger partial charge in [0.15, 0.2) is 0 Å². The largest absolute Gasteiger partial charge is 0.342 e. The van der Waals surface area contributed by atoms with Crippen molar-refractivity contribution in [1.29, 1.82) is 5.26 Å². The van der Waals surface area contributed by atoms with Crippen LogP contribution in [0.15, 0.2) is 91.0 Å². The Morgan fingerprint density at radius 1 is 0.692 bits per heavy atom. The molecule has 1 unspecified atom stereocenters. The minimum absolute atomic E-state index is 0.0792. The average molecular weight is 341 g/mol. The molecule has 130 valence electrons. The summed E-state index contributed by atoms with van der Waals surface area (Å²) in [4.78, 5) is 0. The van der Waals surface area contributed by atoms with Crippen molar-refractivity contribution in [1.82, 2.24) is 0 Å². The smallest absolute Gasteiger partial charge is 0.148 e. The van der Waals surface area contributed by atoms with E-state index in [2.05, 4.69) is 42.5 Å². The van der Waals surface area contributed by atoms with Gasteiger partial charge < -0.3 is 4.74 Å². The number of hydrogen-bond donors (Lipinski definition) is 0. The molecule has 0 bridgehead atoms. The second kappa shape index (κ2) is 7.99. The van der Waals surface area contributed by atoms with E-state index in [9.17, 15) is 5.26 Å². The van der Waals surface area contributed by atoms with E-state index in [1.165, 1.54) is 0 Å². The first-order valence-corrected chi connectivity index (χ1v) is 8.92. The Kier molecular flexibility index (Phi) is 5.51. The van der Waals surface area contributed by atoms with Crippen LogP contribution in [0, 0.1) is 17.2 Å². The summed E-state index contributed by atoms with van der Waals surface area (Å²) in [5.74, 6) is 0.0792. The second-order valence-corrected chi connectivity index (χ2v) is 6.69. The van der Waals surface area contributed by atoms with Crippen LogP contribution in [0.5, 0.6) is 0 Å². The Hall–Kier alpha value is -2.89. The Balaban J connectivity index is 2.30. The monoisotopic (exact) mass is 341 g/mol. The summed E-state index contributed by atoms with van der Waals surface area (Å²) in [6, 6.07) is 32.8. The molecule has 0 aliphatic heterocycles. The standard InChI is InChI=1S/C24H23NO/c1-19(2)23(18-25)26-24(20-12-6-3-7-13-20,21-14-8-4-9-15-21)22-16-10-5-11-17-22/h3-17,19,23H,1-2H3. The number of rotatable bonds is 6. The zero-order chi connectivity index (χ0) is 18.4. The molecule has 0 amide bonds. The van der Waals surface area contributed by atoms with Crippen LogP contribution in [0.4, 0.5) is 0 Å². The molecule has 0 fully saturated rings. The predicted octanol–water partition coefficient (Wildman–Crippen LogP) is 5.54. The molecular weight excluding hydrogens is 318 g/mol. The van der Waals surface area contributed by atoms with Crippen molar-refractivity contribution in [2.45, 2.75) is 25.6 Å². The minimum atomic E-state index is -0.839. The maximum Gasteiger partial charge on any atom is 0.148 e. The summed E-state index contributed by atoms with van der Waals surface area (Å²) >= 11 is 0. The molecule has 0 spiro atoms. The molecule has 3 aromatic carbocycles. The molecule has 0 N–H and O–H groups in total. The fraction of sp³-hybridized carbons (Fsp3) is 0.208. The molecule has 2 nitrogen and oxygen atoms in total. The van der Waals surface area contributed by atoms with Gasteiger partial charge in [0.25, 0.3) is 0 Å². The summed E-state index contributed by atoms with van der Waals surface area (Å²) in [6.45, 7) is 4.03. The van der Waals surface area contributed by atoms with Gasteiger partial charge in [-0.2, -0.15) is 5.26 Å². The summed E-state index contributed by atoms with van der Waals surface area (Å²) < 4.78 is 6.65. The zero-order valence-corrected chi connectivity index (χ0v) is 15.2. The molecule has 0 saturated carbocycles. The fourth-order valence-corrected chi connectivity index (χ4v) is 3.22. The highest BCUT2D eigenvalue weighted by molar-refractivity contribution is 5.47. The van der Waals surface area contributed by atoms with Crippen LogP contribution in [0.1, 0.15) is 30.5 Å². The second-order valence-electron chi connectivity index (χ2n) is 6.69. The van der Waals surface area contributed by atoms with Gasteiger partial charge in [-0.3, -0.25) is 0 Å². The van der Waals surface area contributed by atoms with Gasteiger partial charge in [0, 0.05) is 0 Å². The van der Waals surface area contributed by atoms with Crippen LogP contribution in [0.3, 0.4) is 0 Å². The zero-order valence-electron chi connectivity index (χ0n) is 15.2. The Bertz CT molecular complexity index is 754. The van der Waals surface area contributed by atoms with Gasteiger partial charge in [-0.1, -0.05) is 105 Å². The van der Waals surface area contributed by atoms with E-state index in [0.717, 1.165) is 16.7 Å². The molecule has 26 heavy (non-hydrogen) atoms. The highest BCUT2D eigenvalue weighted by atomic mass is 16.5. The fourth-order valence-electron chi connectivity index (χ4n) is 3.22. The van der Waals surface area contributed by atoms with E-state index in [-0.39, 0.29) is 5.92 Å². The Morgan fingerprint density at radius 3 is 1.31 bits per heavy atom. The molecule has 0 saturated heterocycles. The van der Waals surface area contributed by atoms with Gasteiger partial charge in [-0.15, -0.1) is 0 Å². The van der Waals surface area contributed by atoms with Gasteiger partial charge in [0.2, 0.25) is 0 Å². The Morgan fingerprint density at radius 2 is 1.04 bits per heavy atom. The van der Waals surface area contributed by atoms with Crippen LogP contribution >= 0.6 is 0 Å². The quantitative estimate of drug-likeness (QED) is 0.551. The van der Waals surface area contributed by atoms with Crippen LogP contribution in [0.25, 0.3) is 0 Å². The van der Waals surface area contributed by atoms with Gasteiger partial charge in [-0.25, -0.2) is 0 Å². The number of nitrogens with zero attached hydrogens (tertiary/aromatic N) is 1. The van der Waals surface area contributed by atoms with Crippen molar-refractivity contribution < 1.29 is 4.74 Å². The van der Waals surface area contributed by atoms with Crippen molar-refractivity contribution in [2.24, 2.45) is 5.92 Å². The number of hydrogen-bond acceptors (Lipinski definition) is 2. The van der Waals surface area contributed by atoms with E-state index in [1.54, 1.807) is 0 Å². The molecule has 0 aromatic heterocycles. The normalized spacial score (nSPS) is 12.5. The van der Waals surface area contributed by atoms with Crippen LogP contribution in [-0.4, -0.2) is 6.10 Å². The molecule has 0 radical (unpaired) electrons. The maximum absolute atomic E-state index is 9.73. The first kappa shape index (κ1) is 17.9. The lowest BCUT2D eigenvalue weighted by Gasteiger charge is -2.38. The van der Waals surface area contributed by atoms with Gasteiger partial charge >= 0.3 is 0 Å². The average Bonchev–Trinajstić information content (AvgIpc) is 2.71. The lowest BCUT2D eigenvalue weighted by Crippen LogP contribution is -2.38. The third-order valence-corrected chi connectivity index (χ3v) is 4.58. The number of ether oxygens (including phenoxy) is 1. The molecule has 0 heterocycles. The predicted molar refractivity (Wildman–Crippen MR) is 105 cm³/mol. The van der Waals surface area contributed by atoms with E-state index in [1.807, 2.05) is 68.4 Å². The van der Waals surface area contributed by atoms with Crippen molar-refractivity contribution in [3.8, 4) is 6.07 Å². The lowest BCUT2D eigenvalue weighted by atomic mass is 9.79. The van der Waals surface area contributed by atoms with Crippen LogP contribution < -0.4 is 0 Å². The van der Waals surface area contributed by atoms with E-state index >= 15 is 0 Å². The molecule has 0 aliphatic carbocycles. The molecular formula is C24H23NO. The highest BCUT2D eigenvalue weighted by Gasteiger charge is 2.40. The van der Waals surface area contributed by atoms with Gasteiger partial charge in [-0.05, 0) is 22.6 Å². The summed E-state index contributed by atoms with van der Waals surface area (Å²) in [5, 5.41) is 9.73. The van der Waals surface area contributed by atoms with Crippen molar-refractivity contribution in [2.75, 3.05) is 0 Å². The maximum atomic E-state index is 9.73. The first-order chi connectivity index (χ1) is 12.7. The molecule has 0 aliphatic rings. The minimum Gasteiger partial charge on any atom is -0.342 e. The van der Waals surface area contributed by atoms with E-state index < -0.39 is 11.7 Å². The molecule has 3 rings (SSSR count). The summed E-state index contributed by atoms with van der Waals surface area (Å²) in [6.07, 6.45) is -0.532. The topological polar surface area (TPSA) is 33.0 Å². The molecule has 3 aromatic rings. The molecule has 1 atom stereocenters. The SMILES string of the molecule is CC(C)C(C#N)OC(c1ccccc1)(c1ccccc1)c1ccccc1. The highest BCUT2D eigenvalue weighted by Crippen LogP contribution is 2.41. The first-order valence-electron chi connectivity index (χ1n) is 8.92. The van der Waals surface area contributed by atoms with Gasteiger partial charge in [0.1, 0.15) is 11.7 Å². The Labute approximate surface area is 155 Å². The lowest BCUT2D eigenvalue weighted by molar-refractivity contribution is -0.0400. The third kappa shape index (κ3) is 3.40. The number of nitriles is 1. The number of benzene rings is 3. The van der Waals surface area contributed by atoms with E-state index in [0.29, 0.717) is 0 Å². The summed E-state index contributed by atoms with van der Waals surface area (Å²) in [5.41, 5.74) is 2.20. The third-order valence-electron chi connectivity index (χ3n) is 4.58. The molecule has 2 heteroatoms. The van der Waals surface area contributed by atoms with Crippen LogP contribution in [0.2, 0.25) is 0 Å². The van der Waals surface area contributed by atoms with E-state index in [4.69, 9.17) is 4.74 Å².